The third kappa shape index (κ3) is 6.28. The number of hydrogen-bond acceptors (Lipinski definition) is 3. The molecule has 1 rings (SSSR count). The number of halogens is 1. The highest BCUT2D eigenvalue weighted by Crippen LogP contribution is 2.27. The Morgan fingerprint density at radius 1 is 1.37 bits per heavy atom. The Bertz CT molecular complexity index is 400. The zero-order chi connectivity index (χ0) is 14.5. The Morgan fingerprint density at radius 2 is 2.05 bits per heavy atom. The summed E-state index contributed by atoms with van der Waals surface area (Å²) in [5, 5.41) is 13.7. The van der Waals surface area contributed by atoms with Crippen molar-refractivity contribution >= 4 is 11.6 Å². The lowest BCUT2D eigenvalue weighted by atomic mass is 10.1. The van der Waals surface area contributed by atoms with Gasteiger partial charge in [0.1, 0.15) is 5.75 Å². The van der Waals surface area contributed by atoms with Crippen LogP contribution in [0, 0.1) is 0 Å². The maximum Gasteiger partial charge on any atom is 0.125 e. The molecule has 0 aliphatic rings. The van der Waals surface area contributed by atoms with Crippen molar-refractivity contribution in [2.75, 3.05) is 6.61 Å². The molecule has 0 amide bonds. The first kappa shape index (κ1) is 16.3. The molecule has 0 saturated carbocycles. The molecule has 4 heteroatoms. The van der Waals surface area contributed by atoms with E-state index in [1.54, 1.807) is 13.8 Å². The molecule has 0 unspecified atom stereocenters. The first-order valence-electron chi connectivity index (χ1n) is 6.65. The van der Waals surface area contributed by atoms with Crippen molar-refractivity contribution in [1.29, 1.82) is 0 Å². The molecule has 0 aliphatic heterocycles. The molecule has 108 valence electrons. The van der Waals surface area contributed by atoms with Crippen LogP contribution in [0.3, 0.4) is 0 Å². The van der Waals surface area contributed by atoms with E-state index in [2.05, 4.69) is 19.2 Å². The Morgan fingerprint density at radius 3 is 2.63 bits per heavy atom. The molecular weight excluding hydrogens is 262 g/mol. The summed E-state index contributed by atoms with van der Waals surface area (Å²) in [6, 6.07) is 6.04. The van der Waals surface area contributed by atoms with Gasteiger partial charge in [0.15, 0.2) is 0 Å². The van der Waals surface area contributed by atoms with Gasteiger partial charge in [-0.05, 0) is 26.0 Å². The molecule has 1 aromatic rings. The molecule has 0 aromatic heterocycles. The molecule has 0 spiro atoms. The molecule has 0 saturated heterocycles. The van der Waals surface area contributed by atoms with E-state index in [0.29, 0.717) is 30.6 Å². The van der Waals surface area contributed by atoms with Crippen LogP contribution in [0.2, 0.25) is 5.02 Å². The van der Waals surface area contributed by atoms with E-state index in [4.69, 9.17) is 16.3 Å². The van der Waals surface area contributed by atoms with Crippen molar-refractivity contribution in [2.45, 2.75) is 52.3 Å². The Hall–Kier alpha value is -0.770. The Labute approximate surface area is 120 Å². The molecule has 1 aromatic carbocycles. The highest BCUT2D eigenvalue weighted by Gasteiger charge is 2.14. The number of ether oxygens (including phenoxy) is 1. The predicted octanol–water partition coefficient (Wildman–Crippen LogP) is 3.38. The highest BCUT2D eigenvalue weighted by molar-refractivity contribution is 6.31. The fourth-order valence-corrected chi connectivity index (χ4v) is 1.80. The zero-order valence-electron chi connectivity index (χ0n) is 12.2. The summed E-state index contributed by atoms with van der Waals surface area (Å²) < 4.78 is 5.74. The third-order valence-electron chi connectivity index (χ3n) is 2.73. The van der Waals surface area contributed by atoms with Gasteiger partial charge in [-0.2, -0.15) is 0 Å². The topological polar surface area (TPSA) is 41.5 Å². The lowest BCUT2D eigenvalue weighted by molar-refractivity contribution is 0.0552. The molecule has 0 bridgehead atoms. The summed E-state index contributed by atoms with van der Waals surface area (Å²) >= 11 is 6.21. The second-order valence-corrected chi connectivity index (χ2v) is 6.07. The van der Waals surface area contributed by atoms with Crippen LogP contribution >= 0.6 is 11.6 Å². The minimum atomic E-state index is -0.713. The van der Waals surface area contributed by atoms with Gasteiger partial charge in [-0.1, -0.05) is 31.5 Å². The number of nitrogens with one attached hydrogen (secondary N) is 1. The zero-order valence-corrected chi connectivity index (χ0v) is 12.9. The summed E-state index contributed by atoms with van der Waals surface area (Å²) in [6.45, 7) is 8.87. The molecule has 0 fully saturated rings. The van der Waals surface area contributed by atoms with Gasteiger partial charge in [0.2, 0.25) is 0 Å². The highest BCUT2D eigenvalue weighted by atomic mass is 35.5. The van der Waals surface area contributed by atoms with Gasteiger partial charge >= 0.3 is 0 Å². The second kappa shape index (κ2) is 7.13. The van der Waals surface area contributed by atoms with Gasteiger partial charge in [-0.3, -0.25) is 0 Å². The smallest absolute Gasteiger partial charge is 0.125 e. The van der Waals surface area contributed by atoms with Gasteiger partial charge in [0, 0.05) is 29.6 Å². The van der Waals surface area contributed by atoms with Crippen LogP contribution < -0.4 is 10.1 Å². The molecular formula is C15H24ClNO2. The van der Waals surface area contributed by atoms with Gasteiger partial charge in [-0.15, -0.1) is 0 Å². The van der Waals surface area contributed by atoms with Crippen LogP contribution in [-0.2, 0) is 6.54 Å². The van der Waals surface area contributed by atoms with Crippen molar-refractivity contribution in [3.05, 3.63) is 28.8 Å². The number of rotatable bonds is 7. The van der Waals surface area contributed by atoms with Gasteiger partial charge in [-0.25, -0.2) is 0 Å². The van der Waals surface area contributed by atoms with E-state index in [9.17, 15) is 5.11 Å². The summed E-state index contributed by atoms with van der Waals surface area (Å²) in [5.41, 5.74) is 0.253. The monoisotopic (exact) mass is 285 g/mol. The first-order valence-corrected chi connectivity index (χ1v) is 7.03. The molecule has 2 N–H and O–H groups in total. The van der Waals surface area contributed by atoms with Crippen LogP contribution in [0.5, 0.6) is 5.75 Å². The van der Waals surface area contributed by atoms with E-state index in [-0.39, 0.29) is 0 Å². The lowest BCUT2D eigenvalue weighted by Gasteiger charge is -2.19. The maximum atomic E-state index is 9.68. The summed E-state index contributed by atoms with van der Waals surface area (Å²) in [6.07, 6.45) is 0.580. The maximum absolute atomic E-state index is 9.68. The van der Waals surface area contributed by atoms with Crippen LogP contribution in [0.1, 0.15) is 39.7 Å². The van der Waals surface area contributed by atoms with E-state index >= 15 is 0 Å². The third-order valence-corrected chi connectivity index (χ3v) is 3.09. The quantitative estimate of drug-likeness (QED) is 0.807. The van der Waals surface area contributed by atoms with E-state index in [0.717, 1.165) is 11.3 Å². The molecule has 0 aliphatic carbocycles. The summed E-state index contributed by atoms with van der Waals surface area (Å²) in [5.74, 6) is 0.782. The predicted molar refractivity (Wildman–Crippen MR) is 79.8 cm³/mol. The Balaban J connectivity index is 2.68. The Kier molecular flexibility index (Phi) is 6.11. The molecule has 0 radical (unpaired) electrons. The van der Waals surface area contributed by atoms with Crippen LogP contribution in [0.25, 0.3) is 0 Å². The van der Waals surface area contributed by atoms with Crippen molar-refractivity contribution in [2.24, 2.45) is 0 Å². The standard InChI is InChI=1S/C15H24ClNO2/c1-11(2)17-10-12-13(16)6-5-7-14(12)19-9-8-15(3,4)18/h5-7,11,17-18H,8-10H2,1-4H3. The minimum absolute atomic E-state index is 0.389. The second-order valence-electron chi connectivity index (χ2n) is 5.66. The first-order chi connectivity index (χ1) is 8.79. The van der Waals surface area contributed by atoms with Crippen molar-refractivity contribution < 1.29 is 9.84 Å². The van der Waals surface area contributed by atoms with Crippen LogP contribution in [0.15, 0.2) is 18.2 Å². The van der Waals surface area contributed by atoms with Crippen molar-refractivity contribution in [1.82, 2.24) is 5.32 Å². The average Bonchev–Trinajstić information content (AvgIpc) is 2.26. The molecule has 0 atom stereocenters. The van der Waals surface area contributed by atoms with E-state index < -0.39 is 5.60 Å². The normalized spacial score (nSPS) is 11.9. The van der Waals surface area contributed by atoms with E-state index in [1.165, 1.54) is 0 Å². The fraction of sp³-hybridized carbons (Fsp3) is 0.600. The largest absolute Gasteiger partial charge is 0.493 e. The number of benzene rings is 1. The molecule has 3 nitrogen and oxygen atoms in total. The average molecular weight is 286 g/mol. The SMILES string of the molecule is CC(C)NCc1c(Cl)cccc1OCCC(C)(C)O. The minimum Gasteiger partial charge on any atom is -0.493 e. The van der Waals surface area contributed by atoms with E-state index in [1.807, 2.05) is 18.2 Å². The summed E-state index contributed by atoms with van der Waals surface area (Å²) in [7, 11) is 0. The number of hydrogen-bond donors (Lipinski definition) is 2. The molecule has 0 heterocycles. The van der Waals surface area contributed by atoms with Crippen LogP contribution in [-0.4, -0.2) is 23.4 Å². The number of aliphatic hydroxyl groups is 1. The van der Waals surface area contributed by atoms with Crippen LogP contribution in [0.4, 0.5) is 0 Å². The molecule has 19 heavy (non-hydrogen) atoms. The van der Waals surface area contributed by atoms with Crippen molar-refractivity contribution in [3.8, 4) is 5.75 Å². The van der Waals surface area contributed by atoms with Crippen molar-refractivity contribution in [3.63, 3.8) is 0 Å². The van der Waals surface area contributed by atoms with Gasteiger partial charge in [0.25, 0.3) is 0 Å². The van der Waals surface area contributed by atoms with Gasteiger partial charge in [0.05, 0.1) is 12.2 Å². The fourth-order valence-electron chi connectivity index (χ4n) is 1.56. The lowest BCUT2D eigenvalue weighted by Crippen LogP contribution is -2.23. The summed E-state index contributed by atoms with van der Waals surface area (Å²) in [4.78, 5) is 0. The van der Waals surface area contributed by atoms with Gasteiger partial charge < -0.3 is 15.2 Å².